The number of hydrogen-bond acceptors (Lipinski definition) is 4. The molecule has 0 radical (unpaired) electrons. The summed E-state index contributed by atoms with van der Waals surface area (Å²) in [5, 5.41) is 8.94. The van der Waals surface area contributed by atoms with Crippen LogP contribution >= 0.6 is 0 Å². The lowest BCUT2D eigenvalue weighted by Crippen LogP contribution is -2.37. The van der Waals surface area contributed by atoms with Crippen molar-refractivity contribution < 1.29 is 14.3 Å². The van der Waals surface area contributed by atoms with Crippen LogP contribution in [-0.4, -0.2) is 40.6 Å². The van der Waals surface area contributed by atoms with E-state index in [1.54, 1.807) is 27.8 Å². The monoisotopic (exact) mass is 212 g/mol. The van der Waals surface area contributed by atoms with Gasteiger partial charge in [-0.05, 0) is 13.8 Å². The number of aliphatic hydroxyl groups excluding tert-OH is 1. The molecule has 0 aliphatic rings. The number of oxazole rings is 1. The molecule has 15 heavy (non-hydrogen) atoms. The number of amides is 1. The molecule has 0 bridgehead atoms. The van der Waals surface area contributed by atoms with Gasteiger partial charge in [0.05, 0.1) is 18.3 Å². The summed E-state index contributed by atoms with van der Waals surface area (Å²) in [5.41, 5.74) is 0.578. The predicted molar refractivity (Wildman–Crippen MR) is 54.6 cm³/mol. The lowest BCUT2D eigenvalue weighted by atomic mass is 10.2. The van der Waals surface area contributed by atoms with Crippen molar-refractivity contribution in [3.63, 3.8) is 0 Å². The molecule has 1 aromatic heterocycles. The van der Waals surface area contributed by atoms with Gasteiger partial charge in [0.25, 0.3) is 5.91 Å². The van der Waals surface area contributed by atoms with Crippen LogP contribution in [0, 0.1) is 13.8 Å². The molecule has 1 amide bonds. The molecule has 0 saturated carbocycles. The van der Waals surface area contributed by atoms with Crippen molar-refractivity contribution in [2.45, 2.75) is 26.8 Å². The van der Waals surface area contributed by atoms with E-state index in [-0.39, 0.29) is 24.3 Å². The van der Waals surface area contributed by atoms with E-state index < -0.39 is 0 Å². The Balaban J connectivity index is 2.89. The van der Waals surface area contributed by atoms with Gasteiger partial charge in [0.15, 0.2) is 5.89 Å². The first-order valence-electron chi connectivity index (χ1n) is 4.79. The lowest BCUT2D eigenvalue weighted by Gasteiger charge is -2.21. The van der Waals surface area contributed by atoms with Crippen LogP contribution in [0.15, 0.2) is 4.42 Å². The van der Waals surface area contributed by atoms with Gasteiger partial charge in [-0.15, -0.1) is 0 Å². The van der Waals surface area contributed by atoms with Gasteiger partial charge in [-0.25, -0.2) is 4.98 Å². The number of carbonyl (C=O) groups excluding carboxylic acids is 1. The average molecular weight is 212 g/mol. The molecular weight excluding hydrogens is 196 g/mol. The largest absolute Gasteiger partial charge is 0.436 e. The fraction of sp³-hybridized carbons (Fsp3) is 0.600. The molecule has 0 aliphatic heterocycles. The summed E-state index contributed by atoms with van der Waals surface area (Å²) >= 11 is 0. The molecule has 0 spiro atoms. The Bertz CT molecular complexity index is 360. The average Bonchev–Trinajstić information content (AvgIpc) is 2.54. The highest BCUT2D eigenvalue weighted by atomic mass is 16.4. The van der Waals surface area contributed by atoms with Crippen molar-refractivity contribution in [1.29, 1.82) is 0 Å². The smallest absolute Gasteiger partial charge is 0.291 e. The summed E-state index contributed by atoms with van der Waals surface area (Å²) in [7, 11) is 1.63. The highest BCUT2D eigenvalue weighted by Crippen LogP contribution is 2.12. The number of hydrogen-bond donors (Lipinski definition) is 1. The highest BCUT2D eigenvalue weighted by molar-refractivity contribution is 5.92. The van der Waals surface area contributed by atoms with Crippen molar-refractivity contribution in [3.8, 4) is 0 Å². The Morgan fingerprint density at radius 2 is 2.20 bits per heavy atom. The number of aromatic nitrogens is 1. The fourth-order valence-corrected chi connectivity index (χ4v) is 1.21. The SMILES string of the molecule is Cc1nc(C)c(C(=O)N(C)C(C)CO)o1. The summed E-state index contributed by atoms with van der Waals surface area (Å²) < 4.78 is 5.21. The van der Waals surface area contributed by atoms with Crippen LogP contribution in [0.4, 0.5) is 0 Å². The molecule has 5 heteroatoms. The zero-order valence-corrected chi connectivity index (χ0v) is 9.44. The molecule has 0 aliphatic carbocycles. The van der Waals surface area contributed by atoms with Gasteiger partial charge in [-0.2, -0.15) is 0 Å². The minimum absolute atomic E-state index is 0.0750. The maximum atomic E-state index is 11.9. The summed E-state index contributed by atoms with van der Waals surface area (Å²) in [6.07, 6.45) is 0. The van der Waals surface area contributed by atoms with E-state index in [0.29, 0.717) is 11.6 Å². The minimum Gasteiger partial charge on any atom is -0.436 e. The maximum Gasteiger partial charge on any atom is 0.291 e. The van der Waals surface area contributed by atoms with Gasteiger partial charge in [-0.3, -0.25) is 4.79 Å². The van der Waals surface area contributed by atoms with Crippen LogP contribution in [0.1, 0.15) is 29.1 Å². The summed E-state index contributed by atoms with van der Waals surface area (Å²) in [4.78, 5) is 17.3. The lowest BCUT2D eigenvalue weighted by molar-refractivity contribution is 0.0648. The van der Waals surface area contributed by atoms with Crippen LogP contribution in [0.25, 0.3) is 0 Å². The quantitative estimate of drug-likeness (QED) is 0.802. The Morgan fingerprint density at radius 1 is 1.60 bits per heavy atom. The molecule has 0 aromatic carbocycles. The number of aliphatic hydroxyl groups is 1. The first kappa shape index (κ1) is 11.7. The summed E-state index contributed by atoms with van der Waals surface area (Å²) in [6, 6.07) is -0.234. The summed E-state index contributed by atoms with van der Waals surface area (Å²) in [5.74, 6) is 0.464. The second kappa shape index (κ2) is 4.44. The van der Waals surface area contributed by atoms with Crippen LogP contribution in [-0.2, 0) is 0 Å². The standard InChI is InChI=1S/C10H16N2O3/c1-6(5-13)12(4)10(14)9-7(2)11-8(3)15-9/h6,13H,5H2,1-4H3. The predicted octanol–water partition coefficient (Wildman–Crippen LogP) is 0.744. The van der Waals surface area contributed by atoms with Crippen LogP contribution in [0.5, 0.6) is 0 Å². The zero-order valence-electron chi connectivity index (χ0n) is 9.44. The zero-order chi connectivity index (χ0) is 11.6. The van der Waals surface area contributed by atoms with Gasteiger partial charge >= 0.3 is 0 Å². The molecule has 0 saturated heterocycles. The number of carbonyl (C=O) groups is 1. The number of nitrogens with zero attached hydrogens (tertiary/aromatic N) is 2. The molecule has 1 aromatic rings. The van der Waals surface area contributed by atoms with E-state index in [9.17, 15) is 4.79 Å². The van der Waals surface area contributed by atoms with Gasteiger partial charge in [0.2, 0.25) is 5.76 Å². The van der Waals surface area contributed by atoms with E-state index in [1.165, 1.54) is 4.90 Å². The molecule has 1 atom stereocenters. The second-order valence-electron chi connectivity index (χ2n) is 3.60. The molecule has 1 rings (SSSR count). The van der Waals surface area contributed by atoms with Crippen LogP contribution in [0.2, 0.25) is 0 Å². The van der Waals surface area contributed by atoms with E-state index in [1.807, 2.05) is 0 Å². The number of rotatable bonds is 3. The fourth-order valence-electron chi connectivity index (χ4n) is 1.21. The molecule has 1 unspecified atom stereocenters. The van der Waals surface area contributed by atoms with Crippen molar-refractivity contribution in [3.05, 3.63) is 17.3 Å². The molecule has 84 valence electrons. The Kier molecular flexibility index (Phi) is 3.47. The Hall–Kier alpha value is -1.36. The third-order valence-electron chi connectivity index (χ3n) is 2.34. The van der Waals surface area contributed by atoms with Crippen molar-refractivity contribution in [2.75, 3.05) is 13.7 Å². The second-order valence-corrected chi connectivity index (χ2v) is 3.60. The van der Waals surface area contributed by atoms with Gasteiger partial charge in [-0.1, -0.05) is 0 Å². The normalized spacial score (nSPS) is 12.6. The van der Waals surface area contributed by atoms with Gasteiger partial charge in [0.1, 0.15) is 0 Å². The van der Waals surface area contributed by atoms with E-state index >= 15 is 0 Å². The molecule has 1 N–H and O–H groups in total. The molecule has 1 heterocycles. The van der Waals surface area contributed by atoms with E-state index in [2.05, 4.69) is 4.98 Å². The first-order valence-corrected chi connectivity index (χ1v) is 4.79. The van der Waals surface area contributed by atoms with Gasteiger partial charge < -0.3 is 14.4 Å². The van der Waals surface area contributed by atoms with Crippen molar-refractivity contribution in [1.82, 2.24) is 9.88 Å². The Morgan fingerprint density at radius 3 is 2.60 bits per heavy atom. The van der Waals surface area contributed by atoms with Crippen molar-refractivity contribution in [2.24, 2.45) is 0 Å². The third-order valence-corrected chi connectivity index (χ3v) is 2.34. The minimum atomic E-state index is -0.255. The first-order chi connectivity index (χ1) is 6.97. The highest BCUT2D eigenvalue weighted by Gasteiger charge is 2.22. The molecular formula is C10H16N2O3. The van der Waals surface area contributed by atoms with Crippen LogP contribution in [0.3, 0.4) is 0 Å². The molecule has 5 nitrogen and oxygen atoms in total. The molecule has 0 fully saturated rings. The number of likely N-dealkylation sites (N-methyl/N-ethyl adjacent to an activating group) is 1. The van der Waals surface area contributed by atoms with Gasteiger partial charge in [0, 0.05) is 14.0 Å². The number of aryl methyl sites for hydroxylation is 2. The topological polar surface area (TPSA) is 66.6 Å². The maximum absolute atomic E-state index is 11.9. The van der Waals surface area contributed by atoms with Crippen molar-refractivity contribution >= 4 is 5.91 Å². The van der Waals surface area contributed by atoms with E-state index in [4.69, 9.17) is 9.52 Å². The van der Waals surface area contributed by atoms with E-state index in [0.717, 1.165) is 0 Å². The Labute approximate surface area is 88.7 Å². The summed E-state index contributed by atoms with van der Waals surface area (Å²) in [6.45, 7) is 5.10. The third kappa shape index (κ3) is 2.36. The van der Waals surface area contributed by atoms with Crippen LogP contribution < -0.4 is 0 Å².